The average molecular weight is 906 g/mol. The summed E-state index contributed by atoms with van der Waals surface area (Å²) in [5.74, 6) is 0. The number of unbranched alkanes of at least 4 members (excludes halogenated alkanes) is 27. The molecule has 0 bridgehead atoms. The molecule has 0 atom stereocenters. The van der Waals surface area contributed by atoms with Crippen LogP contribution in [-0.2, 0) is 38.5 Å². The molecule has 2 aromatic carbocycles. The van der Waals surface area contributed by atoms with Gasteiger partial charge in [0.1, 0.15) is 0 Å². The van der Waals surface area contributed by atoms with Crippen LogP contribution in [0.25, 0.3) is 16.9 Å². The van der Waals surface area contributed by atoms with Gasteiger partial charge in [0.15, 0.2) is 0 Å². The van der Waals surface area contributed by atoms with E-state index in [1.807, 2.05) is 0 Å². The molecule has 0 fully saturated rings. The molecule has 0 radical (unpaired) electrons. The van der Waals surface area contributed by atoms with Crippen molar-refractivity contribution in [3.05, 3.63) is 86.0 Å². The lowest BCUT2D eigenvalue weighted by atomic mass is 9.87. The zero-order valence-electron chi connectivity index (χ0n) is 45.3. The van der Waals surface area contributed by atoms with Gasteiger partial charge >= 0.3 is 0 Å². The molecule has 66 heavy (non-hydrogen) atoms. The summed E-state index contributed by atoms with van der Waals surface area (Å²) in [6.45, 7) is 16.3. The fraction of sp³-hybridized carbons (Fsp3) is 0.750. The van der Waals surface area contributed by atoms with Crippen molar-refractivity contribution in [2.75, 3.05) is 0 Å². The number of allylic oxidation sites excluding steroid dienone is 2. The number of hydrogen-bond donors (Lipinski definition) is 0. The maximum Gasteiger partial charge on any atom is 0.210 e. The number of hydrogen-bond acceptors (Lipinski definition) is 0. The highest BCUT2D eigenvalue weighted by Gasteiger charge is 2.31. The van der Waals surface area contributed by atoms with E-state index in [0.29, 0.717) is 0 Å². The highest BCUT2D eigenvalue weighted by molar-refractivity contribution is 5.79. The van der Waals surface area contributed by atoms with E-state index in [-0.39, 0.29) is 0 Å². The largest absolute Gasteiger partial charge is 0.493 e. The SMILES string of the molecule is CCCCCCCCCCCCCCCCCCC1=C(c2cc(CCCCC)c(CCCCC)c(CCCCC)c2)[N+](=[N-])C(c2cc(CCCCC)c(CCCCC)c(CCCCC)c2)=C1. The van der Waals surface area contributed by atoms with Crippen molar-refractivity contribution in [2.45, 2.75) is 312 Å². The third-order valence-corrected chi connectivity index (χ3v) is 15.1. The van der Waals surface area contributed by atoms with Gasteiger partial charge in [-0.25, -0.2) is 4.70 Å². The Morgan fingerprint density at radius 1 is 0.303 bits per heavy atom. The van der Waals surface area contributed by atoms with E-state index < -0.39 is 0 Å². The Kier molecular flexibility index (Phi) is 32.8. The molecule has 1 aliphatic rings. The summed E-state index contributed by atoms with van der Waals surface area (Å²) in [7, 11) is 0. The molecule has 1 aliphatic heterocycles. The van der Waals surface area contributed by atoms with Crippen LogP contribution in [0.5, 0.6) is 0 Å². The Morgan fingerprint density at radius 2 is 0.561 bits per heavy atom. The highest BCUT2D eigenvalue weighted by atomic mass is 15.2. The summed E-state index contributed by atoms with van der Waals surface area (Å²) >= 11 is 0. The van der Waals surface area contributed by atoms with Crippen LogP contribution in [0.2, 0.25) is 0 Å². The van der Waals surface area contributed by atoms with E-state index >= 15 is 0 Å². The van der Waals surface area contributed by atoms with Crippen LogP contribution >= 0.6 is 0 Å². The van der Waals surface area contributed by atoms with Crippen LogP contribution in [-0.4, -0.2) is 4.70 Å². The highest BCUT2D eigenvalue weighted by Crippen LogP contribution is 2.41. The summed E-state index contributed by atoms with van der Waals surface area (Å²) in [5.41, 5.74) is 28.2. The van der Waals surface area contributed by atoms with Gasteiger partial charge in [-0.05, 0) is 148 Å². The zero-order valence-corrected chi connectivity index (χ0v) is 45.3. The van der Waals surface area contributed by atoms with Gasteiger partial charge < -0.3 is 5.53 Å². The van der Waals surface area contributed by atoms with Gasteiger partial charge in [0.2, 0.25) is 11.4 Å². The minimum absolute atomic E-state index is 1.01. The summed E-state index contributed by atoms with van der Waals surface area (Å²) < 4.78 is 1.68. The van der Waals surface area contributed by atoms with E-state index in [0.717, 1.165) is 43.5 Å². The molecule has 2 nitrogen and oxygen atoms in total. The van der Waals surface area contributed by atoms with Gasteiger partial charge in [0.25, 0.3) is 0 Å². The van der Waals surface area contributed by atoms with Gasteiger partial charge in [0, 0.05) is 22.8 Å². The number of benzene rings is 2. The van der Waals surface area contributed by atoms with Crippen LogP contribution in [0.15, 0.2) is 35.9 Å². The van der Waals surface area contributed by atoms with Crippen molar-refractivity contribution in [3.8, 4) is 0 Å². The summed E-state index contributed by atoms with van der Waals surface area (Å²) in [5, 5.41) is 0. The first-order chi connectivity index (χ1) is 32.5. The van der Waals surface area contributed by atoms with Crippen LogP contribution < -0.4 is 0 Å². The predicted octanol–water partition coefficient (Wildman–Crippen LogP) is 21.5. The molecule has 374 valence electrons. The molecule has 1 heterocycles. The Hall–Kier alpha value is -2.48. The quantitative estimate of drug-likeness (QED) is 0.0468. The Balaban J connectivity index is 1.96. The lowest BCUT2D eigenvalue weighted by Gasteiger charge is -2.20. The first-order valence-corrected chi connectivity index (χ1v) is 29.7. The zero-order chi connectivity index (χ0) is 47.5. The van der Waals surface area contributed by atoms with Crippen molar-refractivity contribution >= 4 is 11.4 Å². The Bertz CT molecular complexity index is 1580. The molecule has 0 saturated heterocycles. The van der Waals surface area contributed by atoms with Crippen molar-refractivity contribution < 1.29 is 4.70 Å². The Labute approximate surface area is 412 Å². The van der Waals surface area contributed by atoms with E-state index in [9.17, 15) is 5.53 Å². The van der Waals surface area contributed by atoms with Gasteiger partial charge in [-0.3, -0.25) is 0 Å². The minimum atomic E-state index is 1.01. The second kappa shape index (κ2) is 37.4. The van der Waals surface area contributed by atoms with Crippen molar-refractivity contribution in [1.29, 1.82) is 0 Å². The monoisotopic (exact) mass is 905 g/mol. The normalized spacial score (nSPS) is 12.9. The third-order valence-electron chi connectivity index (χ3n) is 15.1. The second-order valence-corrected chi connectivity index (χ2v) is 21.1. The summed E-state index contributed by atoms with van der Waals surface area (Å²) in [6.07, 6.45) is 55.5. The van der Waals surface area contributed by atoms with Crippen LogP contribution in [0.1, 0.15) is 318 Å². The smallest absolute Gasteiger partial charge is 0.210 e. The summed E-state index contributed by atoms with van der Waals surface area (Å²) in [4.78, 5) is 0. The van der Waals surface area contributed by atoms with Crippen LogP contribution in [0.3, 0.4) is 0 Å². The molecule has 3 rings (SSSR count). The van der Waals surface area contributed by atoms with Crippen molar-refractivity contribution in [1.82, 2.24) is 0 Å². The van der Waals surface area contributed by atoms with Crippen molar-refractivity contribution in [2.24, 2.45) is 0 Å². The third kappa shape index (κ3) is 21.9. The molecular formula is C64H108N2. The lowest BCUT2D eigenvalue weighted by Crippen LogP contribution is -2.09. The second-order valence-electron chi connectivity index (χ2n) is 21.1. The average Bonchev–Trinajstić information content (AvgIpc) is 3.65. The molecule has 0 aliphatic carbocycles. The number of aryl methyl sites for hydroxylation is 4. The van der Waals surface area contributed by atoms with Gasteiger partial charge in [-0.1, -0.05) is 222 Å². The van der Waals surface area contributed by atoms with E-state index in [1.165, 1.54) is 248 Å². The Morgan fingerprint density at radius 3 is 0.894 bits per heavy atom. The summed E-state index contributed by atoms with van der Waals surface area (Å²) in [6, 6.07) is 10.1. The molecule has 0 aromatic heterocycles. The molecule has 2 heteroatoms. The number of nitrogens with zero attached hydrogens (tertiary/aromatic N) is 2. The van der Waals surface area contributed by atoms with Crippen LogP contribution in [0, 0.1) is 0 Å². The maximum absolute atomic E-state index is 12.8. The molecule has 0 amide bonds. The van der Waals surface area contributed by atoms with Crippen LogP contribution in [0.4, 0.5) is 0 Å². The first-order valence-electron chi connectivity index (χ1n) is 29.7. The fourth-order valence-electron chi connectivity index (χ4n) is 10.9. The molecule has 0 unspecified atom stereocenters. The maximum atomic E-state index is 12.8. The van der Waals surface area contributed by atoms with E-state index in [4.69, 9.17) is 0 Å². The fourth-order valence-corrected chi connectivity index (χ4v) is 10.9. The van der Waals surface area contributed by atoms with E-state index in [2.05, 4.69) is 78.8 Å². The number of rotatable bonds is 43. The molecule has 0 N–H and O–H groups in total. The first kappa shape index (κ1) is 57.8. The van der Waals surface area contributed by atoms with Gasteiger partial charge in [0.05, 0.1) is 0 Å². The van der Waals surface area contributed by atoms with Gasteiger partial charge in [-0.2, -0.15) is 0 Å². The lowest BCUT2D eigenvalue weighted by molar-refractivity contribution is -0.344. The topological polar surface area (TPSA) is 25.3 Å². The molecule has 0 saturated carbocycles. The molecule has 2 aromatic rings. The van der Waals surface area contributed by atoms with Gasteiger partial charge in [-0.15, -0.1) is 0 Å². The van der Waals surface area contributed by atoms with E-state index in [1.54, 1.807) is 38.1 Å². The minimum Gasteiger partial charge on any atom is -0.493 e. The standard InChI is InChI=1S/C64H108N2/c1-8-15-22-23-24-25-26-27-28-29-30-31-32-33-34-41-46-58-53-63(59-49-54(42-35-16-9-2)61(47-39-20-13-6)55(50-59)43-36-17-10-3)66(65)64(58)60-51-56(44-37-18-11-4)62(48-40-21-14-7)57(52-60)45-38-19-12-5/h49-53H,8-48H2,1-7H3. The molecule has 0 spiro atoms. The molecular weight excluding hydrogens is 797 g/mol. The predicted molar refractivity (Wildman–Crippen MR) is 295 cm³/mol. The van der Waals surface area contributed by atoms with Crippen molar-refractivity contribution in [3.63, 3.8) is 0 Å².